The van der Waals surface area contributed by atoms with Crippen molar-refractivity contribution in [2.24, 2.45) is 0 Å². The lowest BCUT2D eigenvalue weighted by atomic mass is 10.2. The molecule has 62 valence electrons. The quantitative estimate of drug-likeness (QED) is 0.607. The van der Waals surface area contributed by atoms with Crippen molar-refractivity contribution < 1.29 is 4.79 Å². The molecule has 0 aromatic carbocycles. The molecule has 0 aromatic rings. The van der Waals surface area contributed by atoms with E-state index < -0.39 is 0 Å². The van der Waals surface area contributed by atoms with Gasteiger partial charge in [-0.2, -0.15) is 0 Å². The van der Waals surface area contributed by atoms with E-state index in [1.54, 1.807) is 4.90 Å². The molecule has 1 fully saturated rings. The molecule has 1 saturated heterocycles. The number of amides is 2. The SMILES string of the molecule is C=C1C(C)NC(=O)N1C(C)C. The summed E-state index contributed by atoms with van der Waals surface area (Å²) >= 11 is 0. The molecule has 1 heterocycles. The number of hydrogen-bond donors (Lipinski definition) is 1. The van der Waals surface area contributed by atoms with Crippen molar-refractivity contribution in [3.05, 3.63) is 12.3 Å². The van der Waals surface area contributed by atoms with Crippen molar-refractivity contribution in [3.8, 4) is 0 Å². The minimum absolute atomic E-state index is 0.0301. The van der Waals surface area contributed by atoms with Gasteiger partial charge in [0.05, 0.1) is 6.04 Å². The Kier molecular flexibility index (Phi) is 1.89. The first-order valence-electron chi connectivity index (χ1n) is 3.82. The van der Waals surface area contributed by atoms with Crippen LogP contribution in [0.5, 0.6) is 0 Å². The monoisotopic (exact) mass is 154 g/mol. The number of nitrogens with one attached hydrogen (secondary N) is 1. The summed E-state index contributed by atoms with van der Waals surface area (Å²) in [6, 6.07) is 0.259. The summed E-state index contributed by atoms with van der Waals surface area (Å²) in [7, 11) is 0. The minimum Gasteiger partial charge on any atom is -0.330 e. The molecular formula is C8H14N2O. The van der Waals surface area contributed by atoms with E-state index in [-0.39, 0.29) is 18.1 Å². The second-order valence-electron chi connectivity index (χ2n) is 3.13. The summed E-state index contributed by atoms with van der Waals surface area (Å²) in [4.78, 5) is 12.9. The molecule has 1 aliphatic heterocycles. The largest absolute Gasteiger partial charge is 0.330 e. The highest BCUT2D eigenvalue weighted by Gasteiger charge is 2.31. The van der Waals surface area contributed by atoms with Gasteiger partial charge in [0.15, 0.2) is 0 Å². The van der Waals surface area contributed by atoms with Crippen LogP contribution in [-0.4, -0.2) is 23.0 Å². The van der Waals surface area contributed by atoms with Crippen LogP contribution < -0.4 is 5.32 Å². The molecule has 0 aliphatic carbocycles. The molecule has 1 rings (SSSR count). The summed E-state index contributed by atoms with van der Waals surface area (Å²) in [5.41, 5.74) is 0.866. The summed E-state index contributed by atoms with van der Waals surface area (Å²) in [6.45, 7) is 9.71. The maximum Gasteiger partial charge on any atom is 0.322 e. The van der Waals surface area contributed by atoms with Crippen LogP contribution >= 0.6 is 0 Å². The molecule has 3 nitrogen and oxygen atoms in total. The van der Waals surface area contributed by atoms with Crippen molar-refractivity contribution >= 4 is 6.03 Å². The van der Waals surface area contributed by atoms with Crippen LogP contribution in [0, 0.1) is 0 Å². The highest BCUT2D eigenvalue weighted by atomic mass is 16.2. The Morgan fingerprint density at radius 1 is 1.64 bits per heavy atom. The van der Waals surface area contributed by atoms with E-state index in [1.807, 2.05) is 20.8 Å². The first-order chi connectivity index (χ1) is 5.04. The second kappa shape index (κ2) is 2.57. The maximum absolute atomic E-state index is 11.2. The van der Waals surface area contributed by atoms with Crippen LogP contribution in [0.3, 0.4) is 0 Å². The highest BCUT2D eigenvalue weighted by molar-refractivity contribution is 5.80. The molecule has 0 saturated carbocycles. The first kappa shape index (κ1) is 8.11. The Bertz CT molecular complexity index is 198. The molecule has 2 amide bonds. The minimum atomic E-state index is -0.0301. The van der Waals surface area contributed by atoms with Crippen LogP contribution in [0.2, 0.25) is 0 Å². The Labute approximate surface area is 67.1 Å². The van der Waals surface area contributed by atoms with Gasteiger partial charge >= 0.3 is 6.03 Å². The number of rotatable bonds is 1. The van der Waals surface area contributed by atoms with Crippen LogP contribution in [0.25, 0.3) is 0 Å². The van der Waals surface area contributed by atoms with E-state index in [0.29, 0.717) is 0 Å². The third-order valence-electron chi connectivity index (χ3n) is 1.88. The van der Waals surface area contributed by atoms with Crippen LogP contribution in [0.4, 0.5) is 4.79 Å². The maximum atomic E-state index is 11.2. The Hall–Kier alpha value is -0.990. The van der Waals surface area contributed by atoms with Crippen molar-refractivity contribution in [2.45, 2.75) is 32.9 Å². The predicted molar refractivity (Wildman–Crippen MR) is 44.1 cm³/mol. The van der Waals surface area contributed by atoms with Crippen molar-refractivity contribution in [1.82, 2.24) is 10.2 Å². The number of carbonyl (C=O) groups excluding carboxylic acids is 1. The normalized spacial score (nSPS) is 24.7. The summed E-state index contributed by atoms with van der Waals surface area (Å²) in [5, 5.41) is 2.79. The van der Waals surface area contributed by atoms with E-state index >= 15 is 0 Å². The van der Waals surface area contributed by atoms with E-state index in [2.05, 4.69) is 11.9 Å². The highest BCUT2D eigenvalue weighted by Crippen LogP contribution is 2.17. The third kappa shape index (κ3) is 1.23. The Morgan fingerprint density at radius 3 is 2.36 bits per heavy atom. The van der Waals surface area contributed by atoms with Gasteiger partial charge in [-0.25, -0.2) is 4.79 Å². The van der Waals surface area contributed by atoms with Gasteiger partial charge < -0.3 is 5.32 Å². The third-order valence-corrected chi connectivity index (χ3v) is 1.88. The van der Waals surface area contributed by atoms with Crippen LogP contribution in [-0.2, 0) is 0 Å². The molecule has 3 heteroatoms. The summed E-state index contributed by atoms with van der Waals surface area (Å²) in [5.74, 6) is 0. The molecule has 1 unspecified atom stereocenters. The molecule has 0 bridgehead atoms. The zero-order chi connectivity index (χ0) is 8.59. The topological polar surface area (TPSA) is 32.3 Å². The lowest BCUT2D eigenvalue weighted by Gasteiger charge is -2.20. The standard InChI is InChI=1S/C8H14N2O/c1-5(2)10-7(4)6(3)9-8(10)11/h5-6H,4H2,1-3H3,(H,9,11). The van der Waals surface area contributed by atoms with Crippen LogP contribution in [0.15, 0.2) is 12.3 Å². The molecule has 11 heavy (non-hydrogen) atoms. The fourth-order valence-electron chi connectivity index (χ4n) is 1.24. The van der Waals surface area contributed by atoms with Gasteiger partial charge in [0.2, 0.25) is 0 Å². The second-order valence-corrected chi connectivity index (χ2v) is 3.13. The van der Waals surface area contributed by atoms with E-state index in [9.17, 15) is 4.79 Å². The fraction of sp³-hybridized carbons (Fsp3) is 0.625. The van der Waals surface area contributed by atoms with E-state index in [4.69, 9.17) is 0 Å². The molecule has 1 atom stereocenters. The van der Waals surface area contributed by atoms with Gasteiger partial charge in [-0.1, -0.05) is 6.58 Å². The lowest BCUT2D eigenvalue weighted by Crippen LogP contribution is -2.33. The van der Waals surface area contributed by atoms with Gasteiger partial charge in [0, 0.05) is 11.7 Å². The van der Waals surface area contributed by atoms with E-state index in [1.165, 1.54) is 0 Å². The number of urea groups is 1. The molecular weight excluding hydrogens is 140 g/mol. The first-order valence-corrected chi connectivity index (χ1v) is 3.82. The zero-order valence-electron chi connectivity index (χ0n) is 7.22. The summed E-state index contributed by atoms with van der Waals surface area (Å²) in [6.07, 6.45) is 0. The fourth-order valence-corrected chi connectivity index (χ4v) is 1.24. The Morgan fingerprint density at radius 2 is 2.18 bits per heavy atom. The molecule has 0 aromatic heterocycles. The Balaban J connectivity index is 2.80. The zero-order valence-corrected chi connectivity index (χ0v) is 7.22. The van der Waals surface area contributed by atoms with Gasteiger partial charge in [-0.05, 0) is 20.8 Å². The van der Waals surface area contributed by atoms with Gasteiger partial charge in [0.1, 0.15) is 0 Å². The van der Waals surface area contributed by atoms with Gasteiger partial charge in [0.25, 0.3) is 0 Å². The van der Waals surface area contributed by atoms with Gasteiger partial charge in [-0.15, -0.1) is 0 Å². The average Bonchev–Trinajstić information content (AvgIpc) is 2.07. The number of nitrogens with zero attached hydrogens (tertiary/aromatic N) is 1. The van der Waals surface area contributed by atoms with Crippen LogP contribution in [0.1, 0.15) is 20.8 Å². The predicted octanol–water partition coefficient (Wildman–Crippen LogP) is 1.32. The molecule has 1 N–H and O–H groups in total. The molecule has 0 radical (unpaired) electrons. The molecule has 0 spiro atoms. The summed E-state index contributed by atoms with van der Waals surface area (Å²) < 4.78 is 0. The van der Waals surface area contributed by atoms with Crippen molar-refractivity contribution in [1.29, 1.82) is 0 Å². The molecule has 1 aliphatic rings. The smallest absolute Gasteiger partial charge is 0.322 e. The van der Waals surface area contributed by atoms with Crippen molar-refractivity contribution in [3.63, 3.8) is 0 Å². The average molecular weight is 154 g/mol. The van der Waals surface area contributed by atoms with Gasteiger partial charge in [-0.3, -0.25) is 4.90 Å². The number of hydrogen-bond acceptors (Lipinski definition) is 1. The number of carbonyl (C=O) groups is 1. The lowest BCUT2D eigenvalue weighted by molar-refractivity contribution is 0.214. The van der Waals surface area contributed by atoms with Crippen molar-refractivity contribution in [2.75, 3.05) is 0 Å². The van der Waals surface area contributed by atoms with E-state index in [0.717, 1.165) is 5.70 Å².